The van der Waals surface area contributed by atoms with Gasteiger partial charge in [-0.3, -0.25) is 14.3 Å². The molecule has 0 fully saturated rings. The van der Waals surface area contributed by atoms with Crippen molar-refractivity contribution in [1.82, 2.24) is 14.5 Å². The number of rotatable bonds is 7. The lowest BCUT2D eigenvalue weighted by Gasteiger charge is -2.31. The highest BCUT2D eigenvalue weighted by molar-refractivity contribution is 8.00. The highest BCUT2D eigenvalue weighted by Crippen LogP contribution is 2.35. The van der Waals surface area contributed by atoms with Crippen LogP contribution in [0.4, 0.5) is 8.78 Å². The number of aromatic nitrogens is 2. The molecule has 1 aliphatic carbocycles. The molecule has 1 unspecified atom stereocenters. The summed E-state index contributed by atoms with van der Waals surface area (Å²) in [5.41, 5.74) is 4.99. The first-order chi connectivity index (χ1) is 17.8. The molecule has 2 heterocycles. The maximum Gasteiger partial charge on any atom is 0.295 e. The zero-order valence-corrected chi connectivity index (χ0v) is 22.0. The molecule has 0 saturated carbocycles. The fourth-order valence-electron chi connectivity index (χ4n) is 5.25. The van der Waals surface area contributed by atoms with Crippen LogP contribution in [-0.2, 0) is 19.5 Å². The molecule has 2 aromatic carbocycles. The minimum atomic E-state index is -2.80. The zero-order chi connectivity index (χ0) is 26.0. The van der Waals surface area contributed by atoms with Gasteiger partial charge in [-0.15, -0.1) is 0 Å². The third-order valence-corrected chi connectivity index (χ3v) is 7.78. The standard InChI is InChI=1S/C30H31F2N3OS/c1-21-33-27-17-18-34(19-22-13-15-25(16-14-22)37-30(2,31)32)20-26(27)29(36)35(21)28(23-9-5-3-6-10-23)24-11-7-4-8-12-24/h3-7,9-11,13-16,28H,8,12,17-20H2,1-2H3. The third-order valence-electron chi connectivity index (χ3n) is 6.91. The molecule has 1 aliphatic heterocycles. The smallest absolute Gasteiger partial charge is 0.294 e. The van der Waals surface area contributed by atoms with Crippen molar-refractivity contribution in [2.75, 3.05) is 6.54 Å². The van der Waals surface area contributed by atoms with Crippen LogP contribution < -0.4 is 5.56 Å². The highest BCUT2D eigenvalue weighted by atomic mass is 32.2. The number of hydrogen-bond donors (Lipinski definition) is 0. The van der Waals surface area contributed by atoms with Crippen molar-refractivity contribution in [2.45, 2.75) is 62.4 Å². The molecule has 1 atom stereocenters. The van der Waals surface area contributed by atoms with E-state index in [2.05, 4.69) is 35.3 Å². The number of alkyl halides is 2. The van der Waals surface area contributed by atoms with Crippen molar-refractivity contribution in [3.05, 3.63) is 117 Å². The van der Waals surface area contributed by atoms with E-state index in [4.69, 9.17) is 4.98 Å². The molecule has 4 nitrogen and oxygen atoms in total. The van der Waals surface area contributed by atoms with Crippen molar-refractivity contribution in [1.29, 1.82) is 0 Å². The van der Waals surface area contributed by atoms with Gasteiger partial charge >= 0.3 is 0 Å². The van der Waals surface area contributed by atoms with E-state index in [9.17, 15) is 13.6 Å². The van der Waals surface area contributed by atoms with Gasteiger partial charge in [-0.2, -0.15) is 8.78 Å². The normalized spacial score (nSPS) is 16.8. The zero-order valence-electron chi connectivity index (χ0n) is 21.2. The second-order valence-electron chi connectivity index (χ2n) is 9.80. The van der Waals surface area contributed by atoms with Crippen molar-refractivity contribution < 1.29 is 8.78 Å². The molecule has 5 rings (SSSR count). The maximum atomic E-state index is 14.0. The second-order valence-corrected chi connectivity index (χ2v) is 11.2. The summed E-state index contributed by atoms with van der Waals surface area (Å²) in [4.78, 5) is 21.7. The molecule has 192 valence electrons. The lowest BCUT2D eigenvalue weighted by atomic mass is 9.91. The van der Waals surface area contributed by atoms with Gasteiger partial charge in [0, 0.05) is 37.9 Å². The van der Waals surface area contributed by atoms with E-state index in [0.29, 0.717) is 36.2 Å². The monoisotopic (exact) mass is 519 g/mol. The maximum absolute atomic E-state index is 14.0. The molecule has 0 bridgehead atoms. The summed E-state index contributed by atoms with van der Waals surface area (Å²) in [5.74, 6) is 0.738. The van der Waals surface area contributed by atoms with Crippen molar-refractivity contribution in [3.63, 3.8) is 0 Å². The topological polar surface area (TPSA) is 38.1 Å². The summed E-state index contributed by atoms with van der Waals surface area (Å²) in [6, 6.07) is 17.3. The summed E-state index contributed by atoms with van der Waals surface area (Å²) >= 11 is 0.556. The van der Waals surface area contributed by atoms with Crippen LogP contribution in [0.1, 0.15) is 54.0 Å². The Labute approximate surface area is 220 Å². The van der Waals surface area contributed by atoms with Crippen molar-refractivity contribution in [2.24, 2.45) is 0 Å². The van der Waals surface area contributed by atoms with E-state index in [1.807, 2.05) is 41.8 Å². The largest absolute Gasteiger partial charge is 0.295 e. The molecule has 0 radical (unpaired) electrons. The lowest BCUT2D eigenvalue weighted by Crippen LogP contribution is -2.40. The van der Waals surface area contributed by atoms with Gasteiger partial charge in [0.05, 0.1) is 17.3 Å². The third kappa shape index (κ3) is 5.94. The van der Waals surface area contributed by atoms with E-state index >= 15 is 0 Å². The Hall–Kier alpha value is -3.03. The Bertz CT molecular complexity index is 1370. The second kappa shape index (κ2) is 10.8. The van der Waals surface area contributed by atoms with Gasteiger partial charge in [-0.25, -0.2) is 4.98 Å². The molecular weight excluding hydrogens is 488 g/mol. The van der Waals surface area contributed by atoms with Gasteiger partial charge < -0.3 is 0 Å². The number of halogens is 2. The predicted octanol–water partition coefficient (Wildman–Crippen LogP) is 6.68. The Balaban J connectivity index is 1.44. The Morgan fingerprint density at radius 3 is 2.51 bits per heavy atom. The molecular formula is C30H31F2N3OS. The summed E-state index contributed by atoms with van der Waals surface area (Å²) < 4.78 is 28.5. The number of allylic oxidation sites excluding steroid dienone is 4. The van der Waals surface area contributed by atoms with Crippen LogP contribution in [0.3, 0.4) is 0 Å². The van der Waals surface area contributed by atoms with Crippen LogP contribution in [-0.4, -0.2) is 26.3 Å². The molecule has 0 N–H and O–H groups in total. The Kier molecular flexibility index (Phi) is 7.45. The van der Waals surface area contributed by atoms with E-state index in [1.54, 1.807) is 12.1 Å². The number of benzene rings is 2. The summed E-state index contributed by atoms with van der Waals surface area (Å²) in [6.07, 6.45) is 8.95. The van der Waals surface area contributed by atoms with Crippen molar-refractivity contribution >= 4 is 11.8 Å². The van der Waals surface area contributed by atoms with Crippen LogP contribution in [0.15, 0.2) is 88.1 Å². The molecule has 0 saturated heterocycles. The highest BCUT2D eigenvalue weighted by Gasteiger charge is 2.28. The van der Waals surface area contributed by atoms with Crippen LogP contribution in [0.25, 0.3) is 0 Å². The predicted molar refractivity (Wildman–Crippen MR) is 145 cm³/mol. The molecule has 1 aromatic heterocycles. The van der Waals surface area contributed by atoms with E-state index < -0.39 is 5.25 Å². The number of aryl methyl sites for hydroxylation is 1. The Morgan fingerprint density at radius 1 is 1.08 bits per heavy atom. The van der Waals surface area contributed by atoms with Gasteiger partial charge in [-0.1, -0.05) is 72.5 Å². The molecule has 3 aromatic rings. The first kappa shape index (κ1) is 25.6. The van der Waals surface area contributed by atoms with Gasteiger partial charge in [0.2, 0.25) is 0 Å². The number of fused-ring (bicyclic) bond motifs is 1. The van der Waals surface area contributed by atoms with Gasteiger partial charge in [0.15, 0.2) is 0 Å². The average molecular weight is 520 g/mol. The number of nitrogens with zero attached hydrogens (tertiary/aromatic N) is 3. The lowest BCUT2D eigenvalue weighted by molar-refractivity contribution is 0.129. The van der Waals surface area contributed by atoms with Crippen LogP contribution in [0, 0.1) is 6.92 Å². The summed E-state index contributed by atoms with van der Waals surface area (Å²) in [5, 5.41) is -2.80. The van der Waals surface area contributed by atoms with E-state index in [1.165, 1.54) is 5.57 Å². The van der Waals surface area contributed by atoms with Gasteiger partial charge in [0.25, 0.3) is 10.8 Å². The quantitative estimate of drug-likeness (QED) is 0.326. The fraction of sp³-hybridized carbons (Fsp3) is 0.333. The molecule has 0 amide bonds. The minimum Gasteiger partial charge on any atom is -0.294 e. The minimum absolute atomic E-state index is 0.0217. The molecule has 0 spiro atoms. The average Bonchev–Trinajstić information content (AvgIpc) is 2.88. The summed E-state index contributed by atoms with van der Waals surface area (Å²) in [7, 11) is 0. The first-order valence-electron chi connectivity index (χ1n) is 12.7. The van der Waals surface area contributed by atoms with Gasteiger partial charge in [-0.05, 0) is 48.6 Å². The first-order valence-corrected chi connectivity index (χ1v) is 13.5. The van der Waals surface area contributed by atoms with Crippen LogP contribution >= 0.6 is 11.8 Å². The van der Waals surface area contributed by atoms with Gasteiger partial charge in [0.1, 0.15) is 5.82 Å². The number of thioether (sulfide) groups is 1. The van der Waals surface area contributed by atoms with E-state index in [-0.39, 0.29) is 11.6 Å². The molecule has 7 heteroatoms. The summed E-state index contributed by atoms with van der Waals surface area (Å²) in [6.45, 7) is 4.81. The molecule has 2 aliphatic rings. The van der Waals surface area contributed by atoms with Crippen LogP contribution in [0.5, 0.6) is 0 Å². The fourth-order valence-corrected chi connectivity index (χ4v) is 5.93. The molecule has 37 heavy (non-hydrogen) atoms. The Morgan fingerprint density at radius 2 is 1.84 bits per heavy atom. The van der Waals surface area contributed by atoms with Crippen LogP contribution in [0.2, 0.25) is 0 Å². The van der Waals surface area contributed by atoms with Crippen molar-refractivity contribution in [3.8, 4) is 0 Å². The SMILES string of the molecule is Cc1nc2c(c(=O)n1C(C1=CC=CCC1)c1ccccc1)CN(Cc1ccc(SC(C)(F)F)cc1)CC2. The van der Waals surface area contributed by atoms with E-state index in [0.717, 1.165) is 54.5 Å². The number of hydrogen-bond acceptors (Lipinski definition) is 4.